The maximum atomic E-state index is 11.9. The van der Waals surface area contributed by atoms with Gasteiger partial charge in [0.15, 0.2) is 0 Å². The maximum Gasteiger partial charge on any atom is 0.242 e. The van der Waals surface area contributed by atoms with Crippen LogP contribution in [0.15, 0.2) is 24.3 Å². The summed E-state index contributed by atoms with van der Waals surface area (Å²) >= 11 is 0. The predicted octanol–water partition coefficient (Wildman–Crippen LogP) is 1.33. The standard InChI is InChI=1S/C13H18N2O2/c1-10-4-3-5-12(8-10)15-13(17)6-7-14(15)11(2)9-16/h3-5,8,11,16H,6-7,9H2,1-2H3. The normalized spacial score (nSPS) is 18.8. The minimum Gasteiger partial charge on any atom is -0.395 e. The summed E-state index contributed by atoms with van der Waals surface area (Å²) in [5.74, 6) is 0.0934. The highest BCUT2D eigenvalue weighted by Gasteiger charge is 2.33. The fraction of sp³-hybridized carbons (Fsp3) is 0.462. The first-order valence-corrected chi connectivity index (χ1v) is 5.90. The van der Waals surface area contributed by atoms with Crippen molar-refractivity contribution < 1.29 is 9.90 Å². The Morgan fingerprint density at radius 2 is 2.24 bits per heavy atom. The number of anilines is 1. The number of hydrazine groups is 1. The third-order valence-electron chi connectivity index (χ3n) is 3.07. The van der Waals surface area contributed by atoms with Crippen molar-refractivity contribution in [2.75, 3.05) is 18.2 Å². The number of aryl methyl sites for hydroxylation is 1. The molecule has 1 aliphatic heterocycles. The molecule has 0 spiro atoms. The van der Waals surface area contributed by atoms with Gasteiger partial charge in [-0.1, -0.05) is 12.1 Å². The first kappa shape index (κ1) is 12.1. The molecule has 0 aliphatic carbocycles. The van der Waals surface area contributed by atoms with Crippen LogP contribution in [-0.2, 0) is 4.79 Å². The number of aliphatic hydroxyl groups excluding tert-OH is 1. The van der Waals surface area contributed by atoms with Crippen LogP contribution in [0.25, 0.3) is 0 Å². The van der Waals surface area contributed by atoms with Gasteiger partial charge in [-0.3, -0.25) is 4.79 Å². The molecule has 1 saturated heterocycles. The third-order valence-corrected chi connectivity index (χ3v) is 3.07. The van der Waals surface area contributed by atoms with E-state index >= 15 is 0 Å². The molecule has 2 rings (SSSR count). The second-order valence-electron chi connectivity index (χ2n) is 4.49. The van der Waals surface area contributed by atoms with Crippen molar-refractivity contribution in [3.8, 4) is 0 Å². The molecule has 92 valence electrons. The molecule has 4 nitrogen and oxygen atoms in total. The molecular weight excluding hydrogens is 216 g/mol. The van der Waals surface area contributed by atoms with Crippen molar-refractivity contribution in [2.45, 2.75) is 26.3 Å². The van der Waals surface area contributed by atoms with Crippen molar-refractivity contribution in [1.82, 2.24) is 5.01 Å². The van der Waals surface area contributed by atoms with E-state index in [9.17, 15) is 9.90 Å². The third kappa shape index (κ3) is 2.33. The fourth-order valence-electron chi connectivity index (χ4n) is 2.12. The molecule has 1 N–H and O–H groups in total. The number of rotatable bonds is 3. The van der Waals surface area contributed by atoms with Crippen LogP contribution in [0, 0.1) is 6.92 Å². The lowest BCUT2D eigenvalue weighted by Gasteiger charge is -2.32. The van der Waals surface area contributed by atoms with Crippen molar-refractivity contribution in [3.05, 3.63) is 29.8 Å². The molecule has 1 fully saturated rings. The molecule has 0 radical (unpaired) electrons. The van der Waals surface area contributed by atoms with Crippen LogP contribution in [0.2, 0.25) is 0 Å². The predicted molar refractivity (Wildman–Crippen MR) is 66.5 cm³/mol. The second-order valence-corrected chi connectivity index (χ2v) is 4.49. The molecule has 1 heterocycles. The van der Waals surface area contributed by atoms with E-state index in [0.29, 0.717) is 13.0 Å². The molecule has 1 aliphatic rings. The Morgan fingerprint density at radius 3 is 2.88 bits per heavy atom. The highest BCUT2D eigenvalue weighted by atomic mass is 16.3. The van der Waals surface area contributed by atoms with Crippen LogP contribution in [0.1, 0.15) is 18.9 Å². The first-order chi connectivity index (χ1) is 8.13. The highest BCUT2D eigenvalue weighted by Crippen LogP contribution is 2.25. The fourth-order valence-corrected chi connectivity index (χ4v) is 2.12. The van der Waals surface area contributed by atoms with E-state index in [1.807, 2.05) is 43.1 Å². The van der Waals surface area contributed by atoms with Crippen LogP contribution >= 0.6 is 0 Å². The van der Waals surface area contributed by atoms with E-state index in [0.717, 1.165) is 11.3 Å². The summed E-state index contributed by atoms with van der Waals surface area (Å²) in [4.78, 5) is 11.9. The summed E-state index contributed by atoms with van der Waals surface area (Å²) in [5.41, 5.74) is 2.01. The zero-order valence-electron chi connectivity index (χ0n) is 10.3. The van der Waals surface area contributed by atoms with Gasteiger partial charge in [0.2, 0.25) is 5.91 Å². The van der Waals surface area contributed by atoms with Gasteiger partial charge in [-0.25, -0.2) is 10.0 Å². The van der Waals surface area contributed by atoms with Gasteiger partial charge in [-0.2, -0.15) is 0 Å². The number of hydrogen-bond donors (Lipinski definition) is 1. The average molecular weight is 234 g/mol. The van der Waals surface area contributed by atoms with Crippen molar-refractivity contribution in [2.24, 2.45) is 0 Å². The SMILES string of the molecule is Cc1cccc(N2C(=O)CCN2C(C)CO)c1. The number of carbonyl (C=O) groups is 1. The van der Waals surface area contributed by atoms with Crippen LogP contribution < -0.4 is 5.01 Å². The molecule has 1 atom stereocenters. The molecule has 17 heavy (non-hydrogen) atoms. The molecule has 0 saturated carbocycles. The van der Waals surface area contributed by atoms with Gasteiger partial charge in [-0.15, -0.1) is 0 Å². The molecular formula is C13H18N2O2. The van der Waals surface area contributed by atoms with Crippen LogP contribution in [0.3, 0.4) is 0 Å². The summed E-state index contributed by atoms with van der Waals surface area (Å²) in [6.07, 6.45) is 0.512. The number of aliphatic hydroxyl groups is 1. The Labute approximate surface area is 101 Å². The van der Waals surface area contributed by atoms with Gasteiger partial charge < -0.3 is 5.11 Å². The molecule has 1 amide bonds. The molecule has 0 bridgehead atoms. The number of benzene rings is 1. The van der Waals surface area contributed by atoms with Crippen LogP contribution in [-0.4, -0.2) is 35.2 Å². The first-order valence-electron chi connectivity index (χ1n) is 5.90. The van der Waals surface area contributed by atoms with E-state index in [1.54, 1.807) is 5.01 Å². The molecule has 4 heteroatoms. The number of amides is 1. The van der Waals surface area contributed by atoms with E-state index in [2.05, 4.69) is 0 Å². The molecule has 0 aromatic heterocycles. The summed E-state index contributed by atoms with van der Waals surface area (Å²) in [6, 6.07) is 7.82. The van der Waals surface area contributed by atoms with Crippen molar-refractivity contribution >= 4 is 11.6 Å². The van der Waals surface area contributed by atoms with Crippen molar-refractivity contribution in [1.29, 1.82) is 0 Å². The Balaban J connectivity index is 2.30. The zero-order chi connectivity index (χ0) is 12.4. The zero-order valence-corrected chi connectivity index (χ0v) is 10.3. The van der Waals surface area contributed by atoms with Gasteiger partial charge in [0.25, 0.3) is 0 Å². The summed E-state index contributed by atoms with van der Waals surface area (Å²) in [5, 5.41) is 12.8. The smallest absolute Gasteiger partial charge is 0.242 e. The van der Waals surface area contributed by atoms with Gasteiger partial charge in [0.1, 0.15) is 0 Å². The Bertz CT molecular complexity index is 420. The van der Waals surface area contributed by atoms with E-state index < -0.39 is 0 Å². The lowest BCUT2D eigenvalue weighted by molar-refractivity contribution is -0.118. The van der Waals surface area contributed by atoms with Gasteiger partial charge in [0.05, 0.1) is 18.3 Å². The topological polar surface area (TPSA) is 43.8 Å². The number of nitrogens with zero attached hydrogens (tertiary/aromatic N) is 2. The van der Waals surface area contributed by atoms with Gasteiger partial charge in [-0.05, 0) is 31.5 Å². The lowest BCUT2D eigenvalue weighted by atomic mass is 10.2. The Hall–Kier alpha value is -1.39. The molecule has 1 unspecified atom stereocenters. The molecule has 1 aromatic rings. The second kappa shape index (κ2) is 4.85. The van der Waals surface area contributed by atoms with Crippen LogP contribution in [0.4, 0.5) is 5.69 Å². The largest absolute Gasteiger partial charge is 0.395 e. The number of hydrogen-bond acceptors (Lipinski definition) is 3. The van der Waals surface area contributed by atoms with E-state index in [-0.39, 0.29) is 18.6 Å². The van der Waals surface area contributed by atoms with Crippen molar-refractivity contribution in [3.63, 3.8) is 0 Å². The molecule has 1 aromatic carbocycles. The summed E-state index contributed by atoms with van der Waals surface area (Å²) in [6.45, 7) is 4.65. The highest BCUT2D eigenvalue weighted by molar-refractivity contribution is 5.94. The van der Waals surface area contributed by atoms with Gasteiger partial charge in [0, 0.05) is 13.0 Å². The quantitative estimate of drug-likeness (QED) is 0.858. The maximum absolute atomic E-state index is 11.9. The number of carbonyl (C=O) groups excluding carboxylic acids is 1. The minimum absolute atomic E-state index is 0.0398. The summed E-state index contributed by atoms with van der Waals surface area (Å²) in [7, 11) is 0. The Morgan fingerprint density at radius 1 is 1.47 bits per heavy atom. The van der Waals surface area contributed by atoms with Crippen LogP contribution in [0.5, 0.6) is 0 Å². The van der Waals surface area contributed by atoms with E-state index in [1.165, 1.54) is 0 Å². The minimum atomic E-state index is -0.0398. The lowest BCUT2D eigenvalue weighted by Crippen LogP contribution is -2.46. The van der Waals surface area contributed by atoms with Gasteiger partial charge >= 0.3 is 0 Å². The Kier molecular flexibility index (Phi) is 3.45. The summed E-state index contributed by atoms with van der Waals surface area (Å²) < 4.78 is 0. The van der Waals surface area contributed by atoms with E-state index in [4.69, 9.17) is 0 Å². The average Bonchev–Trinajstić information content (AvgIpc) is 2.70. The monoisotopic (exact) mass is 234 g/mol.